The summed E-state index contributed by atoms with van der Waals surface area (Å²) in [6.45, 7) is 1.88. The first kappa shape index (κ1) is 4.77. The lowest BCUT2D eigenvalue weighted by molar-refractivity contribution is 0.662. The maximum absolute atomic E-state index is 3.68. The molecule has 0 atom stereocenters. The minimum Gasteiger partial charge on any atom is -0.0600 e. The Labute approximate surface area is 50.0 Å². The van der Waals surface area contributed by atoms with E-state index in [0.29, 0.717) is 0 Å². The lowest BCUT2D eigenvalue weighted by Gasteiger charge is -1.74. The summed E-state index contributed by atoms with van der Waals surface area (Å²) in [5.74, 6) is 0. The fraction of sp³-hybridized carbons (Fsp3) is 0.333. The Morgan fingerprint density at radius 3 is 2.86 bits per heavy atom. The van der Waals surface area contributed by atoms with Crippen molar-refractivity contribution in [2.24, 2.45) is 5.22 Å². The van der Waals surface area contributed by atoms with E-state index in [2.05, 4.69) is 26.5 Å². The molecule has 0 aromatic rings. The third-order valence-electron chi connectivity index (χ3n) is 0.581. The molecule has 0 saturated carbocycles. The van der Waals surface area contributed by atoms with Crippen LogP contribution in [0.3, 0.4) is 0 Å². The lowest BCUT2D eigenvalue weighted by atomic mass is 10.6. The lowest BCUT2D eigenvalue weighted by Crippen LogP contribution is -1.82. The third-order valence-corrected chi connectivity index (χ3v) is 0.928. The fourth-order valence-corrected chi connectivity index (χ4v) is 0.686. The molecule has 0 aromatic heterocycles. The average Bonchev–Trinajstić information content (AvgIpc) is 1.87. The molecule has 0 amide bonds. The van der Waals surface area contributed by atoms with Crippen molar-refractivity contribution in [3.63, 3.8) is 0 Å². The van der Waals surface area contributed by atoms with E-state index in [0.717, 1.165) is 5.70 Å². The molecular weight excluding hydrogens is 158 g/mol. The van der Waals surface area contributed by atoms with Crippen molar-refractivity contribution in [3.8, 4) is 0 Å². The molecule has 0 aromatic carbocycles. The van der Waals surface area contributed by atoms with Crippen LogP contribution >= 0.6 is 16.1 Å². The van der Waals surface area contributed by atoms with Crippen molar-refractivity contribution in [1.82, 2.24) is 9.15 Å². The molecule has 37 valence electrons. The zero-order valence-corrected chi connectivity index (χ0v) is 5.38. The maximum Gasteiger partial charge on any atom is 0.220 e. The Kier molecular flexibility index (Phi) is 1.10. The Morgan fingerprint density at radius 2 is 2.71 bits per heavy atom. The molecule has 1 radical (unpaired) electrons. The van der Waals surface area contributed by atoms with Gasteiger partial charge in [-0.1, -0.05) is 4.03 Å². The molecule has 4 heteroatoms. The Morgan fingerprint density at radius 1 is 2.00 bits per heavy atom. The van der Waals surface area contributed by atoms with Crippen molar-refractivity contribution >= 4 is 16.1 Å². The molecule has 1 aliphatic heterocycles. The molecule has 0 bridgehead atoms. The van der Waals surface area contributed by atoms with Gasteiger partial charge in [-0.3, -0.25) is 0 Å². The van der Waals surface area contributed by atoms with E-state index in [9.17, 15) is 0 Å². The van der Waals surface area contributed by atoms with Crippen LogP contribution in [0.2, 0.25) is 0 Å². The first-order valence-electron chi connectivity index (χ1n) is 1.84. The Bertz CT molecular complexity index is 128. The highest BCUT2D eigenvalue weighted by molar-refractivity contribution is 9.07. The van der Waals surface area contributed by atoms with Gasteiger partial charge in [0, 0.05) is 6.92 Å². The fourth-order valence-electron chi connectivity index (χ4n) is 0.319. The van der Waals surface area contributed by atoms with Crippen LogP contribution in [0.4, 0.5) is 0 Å². The van der Waals surface area contributed by atoms with Crippen molar-refractivity contribution < 1.29 is 0 Å². The van der Waals surface area contributed by atoms with E-state index in [1.165, 1.54) is 4.03 Å². The van der Waals surface area contributed by atoms with Gasteiger partial charge >= 0.3 is 0 Å². The molecule has 0 saturated heterocycles. The normalized spacial score (nSPS) is 18.0. The second-order valence-electron chi connectivity index (χ2n) is 1.25. The standard InChI is InChI=1S/C3H4BrN3/c1-3-2-7(4)6-5-3/h2H,1H3/q+1. The van der Waals surface area contributed by atoms with E-state index >= 15 is 0 Å². The van der Waals surface area contributed by atoms with Crippen LogP contribution in [-0.2, 0) is 0 Å². The Hall–Kier alpha value is -0.380. The molecular formula is C3H4BrN3+. The van der Waals surface area contributed by atoms with Crippen LogP contribution in [0.1, 0.15) is 6.92 Å². The SMILES string of the molecule is CC1=CN(Br)N=[N+]1. The van der Waals surface area contributed by atoms with Gasteiger partial charge in [0.15, 0.2) is 6.20 Å². The molecule has 0 aliphatic carbocycles. The van der Waals surface area contributed by atoms with Crippen LogP contribution < -0.4 is 5.11 Å². The molecule has 0 N–H and O–H groups in total. The number of nitrogens with zero attached hydrogens (tertiary/aromatic N) is 3. The van der Waals surface area contributed by atoms with Gasteiger partial charge in [-0.25, -0.2) is 0 Å². The third kappa shape index (κ3) is 0.991. The van der Waals surface area contributed by atoms with E-state index in [-0.39, 0.29) is 0 Å². The highest BCUT2D eigenvalue weighted by atomic mass is 79.9. The molecule has 7 heavy (non-hydrogen) atoms. The summed E-state index contributed by atoms with van der Waals surface area (Å²) in [4.78, 5) is 0. The van der Waals surface area contributed by atoms with Gasteiger partial charge in [-0.2, -0.15) is 0 Å². The minimum absolute atomic E-state index is 0.914. The van der Waals surface area contributed by atoms with Crippen LogP contribution in [-0.4, -0.2) is 4.03 Å². The van der Waals surface area contributed by atoms with Gasteiger partial charge in [0.1, 0.15) is 5.22 Å². The first-order chi connectivity index (χ1) is 3.29. The molecule has 1 rings (SSSR count). The molecule has 0 unspecified atom stereocenters. The zero-order valence-electron chi connectivity index (χ0n) is 3.80. The summed E-state index contributed by atoms with van der Waals surface area (Å²) in [5.41, 5.74) is 0.914. The number of hydrogen-bond donors (Lipinski definition) is 0. The average molecular weight is 162 g/mol. The van der Waals surface area contributed by atoms with Gasteiger partial charge in [-0.15, -0.1) is 0 Å². The van der Waals surface area contributed by atoms with Gasteiger partial charge in [0.25, 0.3) is 0 Å². The van der Waals surface area contributed by atoms with Gasteiger partial charge < -0.3 is 0 Å². The monoisotopic (exact) mass is 161 g/mol. The van der Waals surface area contributed by atoms with E-state index in [1.54, 1.807) is 6.20 Å². The predicted molar refractivity (Wildman–Crippen MR) is 29.1 cm³/mol. The highest BCUT2D eigenvalue weighted by Crippen LogP contribution is 2.06. The highest BCUT2D eigenvalue weighted by Gasteiger charge is 2.11. The molecule has 1 heterocycles. The molecule has 0 spiro atoms. The summed E-state index contributed by atoms with van der Waals surface area (Å²) >= 11 is 3.08. The van der Waals surface area contributed by atoms with Gasteiger partial charge in [-0.05, 0) is 0 Å². The van der Waals surface area contributed by atoms with Crippen LogP contribution in [0.5, 0.6) is 0 Å². The zero-order chi connectivity index (χ0) is 5.28. The summed E-state index contributed by atoms with van der Waals surface area (Å²) < 4.78 is 1.49. The van der Waals surface area contributed by atoms with E-state index < -0.39 is 0 Å². The largest absolute Gasteiger partial charge is 0.220 e. The van der Waals surface area contributed by atoms with Gasteiger partial charge in [0.2, 0.25) is 21.8 Å². The topological polar surface area (TPSA) is 29.7 Å². The van der Waals surface area contributed by atoms with Crippen molar-refractivity contribution in [2.75, 3.05) is 0 Å². The minimum atomic E-state index is 0.914. The quantitative estimate of drug-likeness (QED) is 0.491. The first-order valence-corrected chi connectivity index (χ1v) is 2.55. The summed E-state index contributed by atoms with van der Waals surface area (Å²) in [7, 11) is 0. The molecule has 0 fully saturated rings. The summed E-state index contributed by atoms with van der Waals surface area (Å²) in [6, 6.07) is 0. The second-order valence-corrected chi connectivity index (χ2v) is 1.98. The van der Waals surface area contributed by atoms with Crippen LogP contribution in [0.15, 0.2) is 17.1 Å². The second kappa shape index (κ2) is 1.61. The number of allylic oxidation sites excluding steroid dienone is 1. The number of hydrogen-bond acceptors (Lipinski definition) is 3. The number of halogens is 1. The Balaban J connectivity index is 2.69. The van der Waals surface area contributed by atoms with Crippen molar-refractivity contribution in [2.45, 2.75) is 6.92 Å². The van der Waals surface area contributed by atoms with Gasteiger partial charge in [0.05, 0.1) is 5.11 Å². The maximum atomic E-state index is 3.68. The molecule has 1 aliphatic rings. The van der Waals surface area contributed by atoms with Crippen molar-refractivity contribution in [3.05, 3.63) is 11.9 Å². The summed E-state index contributed by atoms with van der Waals surface area (Å²) in [5, 5.41) is 7.28. The van der Waals surface area contributed by atoms with Crippen LogP contribution in [0.25, 0.3) is 0 Å². The van der Waals surface area contributed by atoms with E-state index in [4.69, 9.17) is 0 Å². The van der Waals surface area contributed by atoms with E-state index in [1.807, 2.05) is 6.92 Å². The summed E-state index contributed by atoms with van der Waals surface area (Å²) in [6.07, 6.45) is 1.78. The number of rotatable bonds is 0. The smallest absolute Gasteiger partial charge is 0.0600 e. The van der Waals surface area contributed by atoms with Crippen molar-refractivity contribution in [1.29, 1.82) is 0 Å². The van der Waals surface area contributed by atoms with Crippen LogP contribution in [0, 0.1) is 0 Å². The predicted octanol–water partition coefficient (Wildman–Crippen LogP) is 1.18. The molecule has 3 nitrogen and oxygen atoms in total.